The van der Waals surface area contributed by atoms with Crippen molar-refractivity contribution in [2.45, 2.75) is 4.90 Å². The second-order valence-corrected chi connectivity index (χ2v) is 8.92. The lowest BCUT2D eigenvalue weighted by Gasteiger charge is -2.12. The van der Waals surface area contributed by atoms with Crippen molar-refractivity contribution in [3.05, 3.63) is 109 Å². The SMILES string of the molecule is O=S(O)c1ccc2c3ccccc3n(-c3nc(-c4ccccc4)cc(-c4ccccc4)n3)c2c1. The monoisotopic (exact) mass is 461 g/mol. The molecule has 0 saturated carbocycles. The average molecular weight is 462 g/mol. The molecule has 0 bridgehead atoms. The van der Waals surface area contributed by atoms with E-state index >= 15 is 0 Å². The summed E-state index contributed by atoms with van der Waals surface area (Å²) in [7, 11) is 0. The number of hydrogen-bond donors (Lipinski definition) is 1. The topological polar surface area (TPSA) is 68.0 Å². The fourth-order valence-electron chi connectivity index (χ4n) is 4.32. The minimum atomic E-state index is -2.09. The molecule has 0 aliphatic carbocycles. The molecule has 6 aromatic rings. The van der Waals surface area contributed by atoms with E-state index in [0.29, 0.717) is 10.8 Å². The van der Waals surface area contributed by atoms with Crippen molar-refractivity contribution < 1.29 is 8.76 Å². The lowest BCUT2D eigenvalue weighted by molar-refractivity contribution is 0.564. The fourth-order valence-corrected chi connectivity index (χ4v) is 4.72. The van der Waals surface area contributed by atoms with Crippen LogP contribution in [0.2, 0.25) is 0 Å². The molecule has 164 valence electrons. The molecule has 6 heteroatoms. The zero-order chi connectivity index (χ0) is 23.1. The van der Waals surface area contributed by atoms with Gasteiger partial charge in [-0.05, 0) is 24.3 Å². The molecule has 0 aliphatic heterocycles. The molecule has 0 spiro atoms. The highest BCUT2D eigenvalue weighted by atomic mass is 32.2. The second kappa shape index (κ2) is 8.33. The van der Waals surface area contributed by atoms with Crippen LogP contribution in [0.3, 0.4) is 0 Å². The Morgan fingerprint density at radius 2 is 1.18 bits per heavy atom. The molecular formula is C28H19N3O2S. The Kier molecular flexibility index (Phi) is 5.02. The second-order valence-electron chi connectivity index (χ2n) is 7.95. The van der Waals surface area contributed by atoms with Gasteiger partial charge in [0.05, 0.1) is 27.3 Å². The predicted octanol–water partition coefficient (Wildman–Crippen LogP) is 6.49. The minimum absolute atomic E-state index is 0.332. The molecule has 0 fully saturated rings. The molecule has 34 heavy (non-hydrogen) atoms. The van der Waals surface area contributed by atoms with Crippen molar-refractivity contribution in [3.8, 4) is 28.5 Å². The number of para-hydroxylation sites is 1. The molecule has 4 aromatic carbocycles. The number of rotatable bonds is 4. The van der Waals surface area contributed by atoms with Gasteiger partial charge in [0.25, 0.3) is 0 Å². The van der Waals surface area contributed by atoms with E-state index in [2.05, 4.69) is 0 Å². The number of hydrogen-bond acceptors (Lipinski definition) is 3. The highest BCUT2D eigenvalue weighted by Crippen LogP contribution is 2.33. The molecule has 1 N–H and O–H groups in total. The Morgan fingerprint density at radius 3 is 1.79 bits per heavy atom. The van der Waals surface area contributed by atoms with Gasteiger partial charge >= 0.3 is 0 Å². The molecule has 1 unspecified atom stereocenters. The Labute approximate surface area is 198 Å². The molecule has 0 saturated heterocycles. The van der Waals surface area contributed by atoms with Crippen molar-refractivity contribution in [2.24, 2.45) is 0 Å². The zero-order valence-corrected chi connectivity index (χ0v) is 18.8. The van der Waals surface area contributed by atoms with Gasteiger partial charge in [-0.15, -0.1) is 0 Å². The first kappa shape index (κ1) is 20.5. The maximum absolute atomic E-state index is 11.9. The van der Waals surface area contributed by atoms with Crippen LogP contribution in [0.25, 0.3) is 50.3 Å². The Balaban J connectivity index is 1.70. The summed E-state index contributed by atoms with van der Waals surface area (Å²) in [6.45, 7) is 0. The standard InChI is InChI=1S/C28H19N3O2S/c32-34(33)21-15-16-23-22-13-7-8-14-26(22)31(27(23)17-21)28-29-24(19-9-3-1-4-10-19)18-25(30-28)20-11-5-2-6-12-20/h1-18H,(H,32,33). The van der Waals surface area contributed by atoms with E-state index in [9.17, 15) is 8.76 Å². The van der Waals surface area contributed by atoms with E-state index in [0.717, 1.165) is 44.3 Å². The summed E-state index contributed by atoms with van der Waals surface area (Å²) < 4.78 is 23.6. The normalized spacial score (nSPS) is 12.3. The Morgan fingerprint density at radius 1 is 0.618 bits per heavy atom. The van der Waals surface area contributed by atoms with E-state index in [-0.39, 0.29) is 0 Å². The van der Waals surface area contributed by atoms with E-state index in [1.54, 1.807) is 12.1 Å². The molecule has 2 heterocycles. The van der Waals surface area contributed by atoms with Gasteiger partial charge in [0.2, 0.25) is 5.95 Å². The van der Waals surface area contributed by atoms with Crippen LogP contribution >= 0.6 is 0 Å². The Bertz CT molecular complexity index is 1620. The highest BCUT2D eigenvalue weighted by Gasteiger charge is 2.17. The quantitative estimate of drug-likeness (QED) is 0.305. The maximum atomic E-state index is 11.9. The van der Waals surface area contributed by atoms with Crippen LogP contribution in [0.1, 0.15) is 0 Å². The van der Waals surface area contributed by atoms with Gasteiger partial charge in [-0.1, -0.05) is 84.9 Å². The van der Waals surface area contributed by atoms with Gasteiger partial charge in [0.1, 0.15) is 0 Å². The van der Waals surface area contributed by atoms with Gasteiger partial charge in [-0.2, -0.15) is 0 Å². The van der Waals surface area contributed by atoms with Crippen molar-refractivity contribution >= 4 is 32.9 Å². The number of benzene rings is 4. The molecule has 0 radical (unpaired) electrons. The van der Waals surface area contributed by atoms with Gasteiger partial charge in [0, 0.05) is 21.9 Å². The summed E-state index contributed by atoms with van der Waals surface area (Å²) in [6, 6.07) is 35.4. The summed E-state index contributed by atoms with van der Waals surface area (Å²) in [6.07, 6.45) is 0. The molecule has 0 aliphatic rings. The first-order valence-electron chi connectivity index (χ1n) is 10.8. The van der Waals surface area contributed by atoms with Gasteiger partial charge in [0.15, 0.2) is 11.1 Å². The summed E-state index contributed by atoms with van der Waals surface area (Å²) in [5.41, 5.74) is 5.30. The summed E-state index contributed by atoms with van der Waals surface area (Å²) in [4.78, 5) is 10.3. The predicted molar refractivity (Wildman–Crippen MR) is 136 cm³/mol. The lowest BCUT2D eigenvalue weighted by atomic mass is 10.1. The van der Waals surface area contributed by atoms with Crippen LogP contribution in [0.5, 0.6) is 0 Å². The summed E-state index contributed by atoms with van der Waals surface area (Å²) in [5, 5.41) is 2.00. The van der Waals surface area contributed by atoms with E-state index in [4.69, 9.17) is 9.97 Å². The van der Waals surface area contributed by atoms with Gasteiger partial charge < -0.3 is 4.55 Å². The summed E-state index contributed by atoms with van der Waals surface area (Å²) >= 11 is -2.09. The lowest BCUT2D eigenvalue weighted by Crippen LogP contribution is -2.04. The van der Waals surface area contributed by atoms with Crippen molar-refractivity contribution in [2.75, 3.05) is 0 Å². The van der Waals surface area contributed by atoms with Crippen LogP contribution < -0.4 is 0 Å². The third-order valence-corrected chi connectivity index (χ3v) is 6.56. The van der Waals surface area contributed by atoms with Crippen molar-refractivity contribution in [1.29, 1.82) is 0 Å². The first-order valence-corrected chi connectivity index (χ1v) is 11.9. The Hall–Kier alpha value is -4.13. The molecule has 5 nitrogen and oxygen atoms in total. The van der Waals surface area contributed by atoms with Crippen LogP contribution in [0, 0.1) is 0 Å². The molecule has 1 atom stereocenters. The number of aromatic nitrogens is 3. The molecule has 2 aromatic heterocycles. The number of nitrogens with zero attached hydrogens (tertiary/aromatic N) is 3. The van der Waals surface area contributed by atoms with Crippen LogP contribution in [-0.4, -0.2) is 23.3 Å². The largest absolute Gasteiger partial charge is 0.302 e. The van der Waals surface area contributed by atoms with Crippen molar-refractivity contribution in [1.82, 2.24) is 14.5 Å². The fraction of sp³-hybridized carbons (Fsp3) is 0. The molecular weight excluding hydrogens is 442 g/mol. The maximum Gasteiger partial charge on any atom is 0.235 e. The third-order valence-electron chi connectivity index (χ3n) is 5.90. The van der Waals surface area contributed by atoms with E-state index in [1.165, 1.54) is 0 Å². The highest BCUT2D eigenvalue weighted by molar-refractivity contribution is 7.79. The van der Waals surface area contributed by atoms with Crippen LogP contribution in [0.4, 0.5) is 0 Å². The van der Waals surface area contributed by atoms with Gasteiger partial charge in [-0.3, -0.25) is 4.57 Å². The van der Waals surface area contributed by atoms with Gasteiger partial charge in [-0.25, -0.2) is 14.2 Å². The van der Waals surface area contributed by atoms with Crippen LogP contribution in [-0.2, 0) is 11.1 Å². The first-order chi connectivity index (χ1) is 16.7. The van der Waals surface area contributed by atoms with Crippen molar-refractivity contribution in [3.63, 3.8) is 0 Å². The number of fused-ring (bicyclic) bond motifs is 3. The smallest absolute Gasteiger partial charge is 0.235 e. The minimum Gasteiger partial charge on any atom is -0.302 e. The average Bonchev–Trinajstić information content (AvgIpc) is 3.23. The van der Waals surface area contributed by atoms with E-state index in [1.807, 2.05) is 102 Å². The third kappa shape index (κ3) is 3.50. The summed E-state index contributed by atoms with van der Waals surface area (Å²) in [5.74, 6) is 0.507. The zero-order valence-electron chi connectivity index (χ0n) is 18.0. The molecule has 6 rings (SSSR count). The molecule has 0 amide bonds. The van der Waals surface area contributed by atoms with E-state index < -0.39 is 11.1 Å². The van der Waals surface area contributed by atoms with Crippen LogP contribution in [0.15, 0.2) is 114 Å².